The zero-order valence-corrected chi connectivity index (χ0v) is 10.7. The van der Waals surface area contributed by atoms with Crippen LogP contribution >= 0.6 is 0 Å². The third-order valence-corrected chi connectivity index (χ3v) is 1.43. The number of hydrogen-bond acceptors (Lipinski definition) is 1. The zero-order valence-electron chi connectivity index (χ0n) is 9.41. The van der Waals surface area contributed by atoms with Gasteiger partial charge in [-0.25, -0.2) is 0 Å². The molecule has 0 aliphatic rings. The van der Waals surface area contributed by atoms with Crippen LogP contribution in [0.15, 0.2) is 30.3 Å². The van der Waals surface area contributed by atoms with Crippen LogP contribution < -0.4 is 5.73 Å². The molecule has 0 heterocycles. The normalized spacial score (nSPS) is 4.79. The Morgan fingerprint density at radius 3 is 1.16 bits per heavy atom. The molecule has 0 saturated carbocycles. The first-order valence-corrected chi connectivity index (χ1v) is 4.31. The maximum atomic E-state index is 7.50. The van der Waals surface area contributed by atoms with Crippen LogP contribution in [0.25, 0.3) is 0 Å². The van der Waals surface area contributed by atoms with Crippen molar-refractivity contribution in [3.63, 3.8) is 0 Å². The second-order valence-corrected chi connectivity index (χ2v) is 2.42. The minimum absolute atomic E-state index is 0.746. The number of rotatable bonds is 1. The van der Waals surface area contributed by atoms with E-state index in [0.717, 1.165) is 10.1 Å². The Hall–Kier alpha value is -1.72. The fourth-order valence-electron chi connectivity index (χ4n) is 0.602. The molecule has 19 heavy (non-hydrogen) atoms. The average Bonchev–Trinajstić information content (AvgIpc) is 2.57. The zero-order chi connectivity index (χ0) is 16.7. The Balaban J connectivity index is -0.0000000557. The second-order valence-electron chi connectivity index (χ2n) is 1.73. The maximum absolute atomic E-state index is 7.50. The van der Waals surface area contributed by atoms with Gasteiger partial charge in [0.1, 0.15) is 0 Å². The van der Waals surface area contributed by atoms with Gasteiger partial charge in [0.25, 0.3) is 0 Å². The Labute approximate surface area is 119 Å². The molecule has 1 rings (SSSR count). The van der Waals surface area contributed by atoms with Crippen LogP contribution in [-0.2, 0) is 39.1 Å². The van der Waals surface area contributed by atoms with Crippen molar-refractivity contribution >= 4 is 4.50 Å². The van der Waals surface area contributed by atoms with Gasteiger partial charge in [0, 0.05) is 0 Å². The fourth-order valence-corrected chi connectivity index (χ4v) is 0.815. The molecular weight excluding hydrogens is 290 g/mol. The van der Waals surface area contributed by atoms with Crippen molar-refractivity contribution in [1.29, 1.82) is 0 Å². The van der Waals surface area contributed by atoms with Crippen molar-refractivity contribution in [3.8, 4) is 0 Å². The van der Waals surface area contributed by atoms with Crippen LogP contribution in [0.1, 0.15) is 5.56 Å². The van der Waals surface area contributed by atoms with Crippen molar-refractivity contribution in [3.05, 3.63) is 69.1 Å². The Bertz CT molecular complexity index is 357. The van der Waals surface area contributed by atoms with E-state index in [9.17, 15) is 0 Å². The van der Waals surface area contributed by atoms with Crippen molar-refractivity contribution in [2.75, 3.05) is 0 Å². The van der Waals surface area contributed by atoms with Gasteiger partial charge in [-0.3, -0.25) is 0 Å². The third kappa shape index (κ3) is 31.4. The Morgan fingerprint density at radius 2 is 1.00 bits per heavy atom. The summed E-state index contributed by atoms with van der Waals surface area (Å²) in [7, 11) is 0. The SMILES string of the molecule is N[C](=[Cr])c1ccccc1.[C-]#[O+].[C-]#[O+].[C-]#[O+].[C-]#[O+].[C-]#[O+]. The van der Waals surface area contributed by atoms with Gasteiger partial charge in [-0.15, -0.1) is 0 Å². The molecule has 0 fully saturated rings. The summed E-state index contributed by atoms with van der Waals surface area (Å²) < 4.78 is 38.2. The molecule has 0 aliphatic carbocycles. The quantitative estimate of drug-likeness (QED) is 0.587. The standard InChI is InChI=1S/C7H7N.5CO.Cr/c8-6-7-4-2-1-3-5-7;5*1-2;/h1-5H,8H2;;;;;;. The summed E-state index contributed by atoms with van der Waals surface area (Å²) in [6.07, 6.45) is 0. The second kappa shape index (κ2) is 44.1. The van der Waals surface area contributed by atoms with Gasteiger partial charge in [-0.1, -0.05) is 0 Å². The molecule has 0 unspecified atom stereocenters. The van der Waals surface area contributed by atoms with E-state index in [2.05, 4.69) is 49.1 Å². The summed E-state index contributed by atoms with van der Waals surface area (Å²) >= 11 is 2.75. The molecule has 0 atom stereocenters. The first-order valence-electron chi connectivity index (χ1n) is 3.67. The van der Waals surface area contributed by atoms with Gasteiger partial charge in [0.15, 0.2) is 0 Å². The monoisotopic (exact) mass is 297 g/mol. The molecule has 1 aromatic carbocycles. The minimum atomic E-state index is 0.746. The van der Waals surface area contributed by atoms with Gasteiger partial charge in [-0.2, -0.15) is 0 Å². The van der Waals surface area contributed by atoms with E-state index in [1.807, 2.05) is 30.3 Å². The van der Waals surface area contributed by atoms with Crippen LogP contribution in [0, 0.1) is 33.3 Å². The van der Waals surface area contributed by atoms with Crippen molar-refractivity contribution in [2.24, 2.45) is 5.73 Å². The summed E-state index contributed by atoms with van der Waals surface area (Å²) in [5.41, 5.74) is 6.53. The average molecular weight is 297 g/mol. The molecule has 0 aliphatic heterocycles. The molecule has 7 heteroatoms. The van der Waals surface area contributed by atoms with Crippen molar-refractivity contribution < 1.29 is 39.1 Å². The van der Waals surface area contributed by atoms with Gasteiger partial charge >= 0.3 is 118 Å². The molecule has 6 nitrogen and oxygen atoms in total. The van der Waals surface area contributed by atoms with Crippen molar-refractivity contribution in [2.45, 2.75) is 0 Å². The molecule has 1 aromatic rings. The topological polar surface area (TPSA) is 126 Å². The van der Waals surface area contributed by atoms with E-state index in [0.29, 0.717) is 0 Å². The summed E-state index contributed by atoms with van der Waals surface area (Å²) in [5, 5.41) is 0. The van der Waals surface area contributed by atoms with E-state index >= 15 is 0 Å². The summed E-state index contributed by atoms with van der Waals surface area (Å²) in [4.78, 5) is 0. The first kappa shape index (κ1) is 30.4. The van der Waals surface area contributed by atoms with Crippen LogP contribution in [0.2, 0.25) is 0 Å². The van der Waals surface area contributed by atoms with Gasteiger partial charge in [0.2, 0.25) is 0 Å². The van der Waals surface area contributed by atoms with E-state index in [1.165, 1.54) is 0 Å². The molecule has 0 amide bonds. The number of hydrogen-bond donors (Lipinski definition) is 1. The predicted octanol–water partition coefficient (Wildman–Crippen LogP) is 0.483. The summed E-state index contributed by atoms with van der Waals surface area (Å²) in [5.74, 6) is 0. The van der Waals surface area contributed by atoms with Crippen LogP contribution in [0.5, 0.6) is 0 Å². The van der Waals surface area contributed by atoms with Gasteiger partial charge in [0.05, 0.1) is 0 Å². The molecule has 2 N–H and O–H groups in total. The van der Waals surface area contributed by atoms with Gasteiger partial charge in [-0.05, 0) is 0 Å². The predicted molar refractivity (Wildman–Crippen MR) is 54.4 cm³/mol. The Kier molecular flexibility index (Phi) is 70.6. The number of benzene rings is 1. The van der Waals surface area contributed by atoms with Crippen molar-refractivity contribution in [1.82, 2.24) is 0 Å². The van der Waals surface area contributed by atoms with Crippen LogP contribution in [-0.4, -0.2) is 4.50 Å². The van der Waals surface area contributed by atoms with E-state index in [4.69, 9.17) is 29.0 Å². The molecule has 96 valence electrons. The first-order chi connectivity index (χ1) is 9.30. The van der Waals surface area contributed by atoms with Crippen LogP contribution in [0.4, 0.5) is 0 Å². The van der Waals surface area contributed by atoms with E-state index in [1.54, 1.807) is 0 Å². The molecule has 0 bridgehead atoms. The summed E-state index contributed by atoms with van der Waals surface area (Å²) in [6.45, 7) is 22.5. The molecule has 0 radical (unpaired) electrons. The van der Waals surface area contributed by atoms with E-state index in [-0.39, 0.29) is 0 Å². The molecule has 0 saturated heterocycles. The van der Waals surface area contributed by atoms with Crippen LogP contribution in [0.3, 0.4) is 0 Å². The summed E-state index contributed by atoms with van der Waals surface area (Å²) in [6, 6.07) is 9.81. The fraction of sp³-hybridized carbons (Fsp3) is 0. The molecule has 0 spiro atoms. The third-order valence-electron chi connectivity index (χ3n) is 1.06. The van der Waals surface area contributed by atoms with E-state index < -0.39 is 0 Å². The number of nitrogens with two attached hydrogens (primary N) is 1. The Morgan fingerprint density at radius 1 is 0.737 bits per heavy atom. The van der Waals surface area contributed by atoms with Gasteiger partial charge < -0.3 is 0 Å². The molecule has 0 aromatic heterocycles. The molecular formula is C12H7CrNO5.